The van der Waals surface area contributed by atoms with Gasteiger partial charge in [0.25, 0.3) is 15.8 Å². The van der Waals surface area contributed by atoms with Gasteiger partial charge in [0.15, 0.2) is 6.33 Å². The zero-order chi connectivity index (χ0) is 22.6. The predicted molar refractivity (Wildman–Crippen MR) is 99.9 cm³/mol. The molecule has 12 nitrogen and oxygen atoms in total. The molecule has 0 atom stereocenters. The van der Waals surface area contributed by atoms with Crippen molar-refractivity contribution in [3.05, 3.63) is 69.8 Å². The Bertz CT molecular complexity index is 1240. The highest BCUT2D eigenvalue weighted by Gasteiger charge is 2.22. The Kier molecular flexibility index (Phi) is 6.22. The van der Waals surface area contributed by atoms with Gasteiger partial charge in [0.1, 0.15) is 5.82 Å². The van der Waals surface area contributed by atoms with Crippen LogP contribution < -0.4 is 0 Å². The van der Waals surface area contributed by atoms with E-state index in [-0.39, 0.29) is 34.0 Å². The molecule has 31 heavy (non-hydrogen) atoms. The maximum absolute atomic E-state index is 14.8. The van der Waals surface area contributed by atoms with E-state index >= 15 is 0 Å². The first-order valence-electron chi connectivity index (χ1n) is 8.40. The summed E-state index contributed by atoms with van der Waals surface area (Å²) in [6.45, 7) is -0.556. The van der Waals surface area contributed by atoms with Crippen LogP contribution in [0.15, 0.2) is 47.6 Å². The van der Waals surface area contributed by atoms with Crippen LogP contribution in [-0.4, -0.2) is 51.4 Å². The maximum atomic E-state index is 14.8. The van der Waals surface area contributed by atoms with Gasteiger partial charge in [-0.05, 0) is 24.3 Å². The number of carboxylic acid groups (broad SMARTS) is 1. The Balaban J connectivity index is 1.85. The summed E-state index contributed by atoms with van der Waals surface area (Å²) in [5.41, 5.74) is -1.07. The largest absolute Gasteiger partial charge is 0.478 e. The third-order valence-corrected chi connectivity index (χ3v) is 5.38. The monoisotopic (exact) mass is 449 g/mol. The van der Waals surface area contributed by atoms with Gasteiger partial charge in [0.2, 0.25) is 5.82 Å². The zero-order valence-corrected chi connectivity index (χ0v) is 16.2. The van der Waals surface area contributed by atoms with Crippen LogP contribution in [-0.2, 0) is 20.7 Å². The number of aromatic carboxylic acids is 1. The number of carbonyl (C=O) groups is 1. The van der Waals surface area contributed by atoms with Gasteiger partial charge in [-0.15, -0.1) is 20.4 Å². The number of nitrogens with zero attached hydrogens (tertiary/aromatic N) is 5. The van der Waals surface area contributed by atoms with Gasteiger partial charge in [0, 0.05) is 29.7 Å². The minimum absolute atomic E-state index is 0.0689. The third-order valence-electron chi connectivity index (χ3n) is 4.05. The molecule has 3 aromatic rings. The molecule has 1 N–H and O–H groups in total. The van der Waals surface area contributed by atoms with E-state index in [4.69, 9.17) is 9.29 Å². The van der Waals surface area contributed by atoms with Crippen molar-refractivity contribution >= 4 is 21.8 Å². The summed E-state index contributed by atoms with van der Waals surface area (Å²) in [5, 5.41) is 34.3. The molecule has 160 valence electrons. The number of nitro benzene ring substituents is 1. The lowest BCUT2D eigenvalue weighted by Gasteiger charge is -2.11. The van der Waals surface area contributed by atoms with Crippen molar-refractivity contribution in [3.63, 3.8) is 0 Å². The Morgan fingerprint density at radius 2 is 1.77 bits per heavy atom. The van der Waals surface area contributed by atoms with Gasteiger partial charge in [-0.2, -0.15) is 8.42 Å². The van der Waals surface area contributed by atoms with Crippen molar-refractivity contribution in [1.82, 2.24) is 20.4 Å². The van der Waals surface area contributed by atoms with Crippen LogP contribution in [0, 0.1) is 15.9 Å². The van der Waals surface area contributed by atoms with Gasteiger partial charge in [-0.1, -0.05) is 0 Å². The van der Waals surface area contributed by atoms with Gasteiger partial charge < -0.3 is 5.11 Å². The highest BCUT2D eigenvalue weighted by Crippen LogP contribution is 2.26. The molecule has 0 saturated carbocycles. The summed E-state index contributed by atoms with van der Waals surface area (Å²) in [7, 11) is -4.31. The molecule has 0 aliphatic rings. The van der Waals surface area contributed by atoms with Crippen molar-refractivity contribution in [2.75, 3.05) is 6.61 Å². The molecule has 0 saturated heterocycles. The predicted octanol–water partition coefficient (Wildman–Crippen LogP) is 1.63. The number of carboxylic acids is 1. The van der Waals surface area contributed by atoms with E-state index in [9.17, 15) is 27.7 Å². The quantitative estimate of drug-likeness (QED) is 0.300. The topological polar surface area (TPSA) is 175 Å². The molecule has 0 spiro atoms. The molecule has 1 aromatic heterocycles. The van der Waals surface area contributed by atoms with Gasteiger partial charge in [-0.3, -0.25) is 14.3 Å². The van der Waals surface area contributed by atoms with Crippen LogP contribution >= 0.6 is 0 Å². The normalized spacial score (nSPS) is 11.3. The van der Waals surface area contributed by atoms with E-state index in [1.165, 1.54) is 6.07 Å². The standard InChI is InChI=1S/C17H12FN5O7S/c18-15-12(13(5-6-14(15)17(24)25)16-21-19-9-20-22-16)7-8-30-31(28,29)11-3-1-10(2-4-11)23(26)27/h1-6,9H,7-8H2,(H,24,25). The highest BCUT2D eigenvalue weighted by molar-refractivity contribution is 7.86. The molecule has 0 bridgehead atoms. The molecule has 2 aromatic carbocycles. The molecule has 0 radical (unpaired) electrons. The number of rotatable bonds is 8. The Morgan fingerprint density at radius 1 is 1.13 bits per heavy atom. The smallest absolute Gasteiger partial charge is 0.338 e. The Morgan fingerprint density at radius 3 is 2.35 bits per heavy atom. The van der Waals surface area contributed by atoms with Crippen LogP contribution in [0.5, 0.6) is 0 Å². The molecule has 14 heteroatoms. The van der Waals surface area contributed by atoms with Gasteiger partial charge in [-0.25, -0.2) is 9.18 Å². The number of hydrogen-bond donors (Lipinski definition) is 1. The van der Waals surface area contributed by atoms with Crippen LogP contribution in [0.3, 0.4) is 0 Å². The maximum Gasteiger partial charge on any atom is 0.338 e. The molecular weight excluding hydrogens is 437 g/mol. The molecule has 0 unspecified atom stereocenters. The number of hydrogen-bond acceptors (Lipinski definition) is 10. The van der Waals surface area contributed by atoms with Crippen molar-refractivity contribution in [2.24, 2.45) is 0 Å². The summed E-state index contributed by atoms with van der Waals surface area (Å²) in [5.74, 6) is -2.71. The lowest BCUT2D eigenvalue weighted by atomic mass is 10.00. The van der Waals surface area contributed by atoms with E-state index in [2.05, 4.69) is 20.4 Å². The van der Waals surface area contributed by atoms with Gasteiger partial charge in [0.05, 0.1) is 22.0 Å². The summed E-state index contributed by atoms with van der Waals surface area (Å²) < 4.78 is 44.3. The number of benzene rings is 2. The fraction of sp³-hybridized carbons (Fsp3) is 0.118. The second-order valence-corrected chi connectivity index (χ2v) is 7.52. The van der Waals surface area contributed by atoms with Gasteiger partial charge >= 0.3 is 5.97 Å². The molecule has 0 aliphatic heterocycles. The van der Waals surface area contributed by atoms with Crippen molar-refractivity contribution < 1.29 is 31.8 Å². The SMILES string of the molecule is O=C(O)c1ccc(-c2nncnn2)c(CCOS(=O)(=O)c2ccc([N+](=O)[O-])cc2)c1F. The molecular formula is C17H12FN5O7S. The molecule has 3 rings (SSSR count). The van der Waals surface area contributed by atoms with Crippen LogP contribution in [0.2, 0.25) is 0 Å². The van der Waals surface area contributed by atoms with E-state index in [0.717, 1.165) is 36.7 Å². The summed E-state index contributed by atoms with van der Waals surface area (Å²) >= 11 is 0. The van der Waals surface area contributed by atoms with E-state index < -0.39 is 39.0 Å². The minimum atomic E-state index is -4.31. The average Bonchev–Trinajstić information content (AvgIpc) is 2.75. The molecule has 1 heterocycles. The van der Waals surface area contributed by atoms with E-state index in [0.29, 0.717) is 0 Å². The molecule has 0 aliphatic carbocycles. The first-order chi connectivity index (χ1) is 14.7. The Hall–Kier alpha value is -3.91. The average molecular weight is 449 g/mol. The lowest BCUT2D eigenvalue weighted by molar-refractivity contribution is -0.384. The van der Waals surface area contributed by atoms with E-state index in [1.54, 1.807) is 0 Å². The lowest BCUT2D eigenvalue weighted by Crippen LogP contribution is -2.12. The number of halogens is 1. The van der Waals surface area contributed by atoms with Crippen LogP contribution in [0.4, 0.5) is 10.1 Å². The van der Waals surface area contributed by atoms with Crippen LogP contribution in [0.1, 0.15) is 15.9 Å². The fourth-order valence-corrected chi connectivity index (χ4v) is 3.52. The summed E-state index contributed by atoms with van der Waals surface area (Å²) in [4.78, 5) is 20.9. The second kappa shape index (κ2) is 8.85. The summed E-state index contributed by atoms with van der Waals surface area (Å²) in [6, 6.07) is 6.26. The first kappa shape index (κ1) is 21.8. The highest BCUT2D eigenvalue weighted by atomic mass is 32.2. The zero-order valence-electron chi connectivity index (χ0n) is 15.4. The fourth-order valence-electron chi connectivity index (χ4n) is 2.61. The van der Waals surface area contributed by atoms with E-state index in [1.807, 2.05) is 0 Å². The minimum Gasteiger partial charge on any atom is -0.478 e. The van der Waals surface area contributed by atoms with Crippen LogP contribution in [0.25, 0.3) is 11.4 Å². The first-order valence-corrected chi connectivity index (χ1v) is 9.81. The molecule has 0 amide bonds. The van der Waals surface area contributed by atoms with Crippen molar-refractivity contribution in [1.29, 1.82) is 0 Å². The van der Waals surface area contributed by atoms with Crippen molar-refractivity contribution in [2.45, 2.75) is 11.3 Å². The molecule has 0 fully saturated rings. The third kappa shape index (κ3) is 4.81. The summed E-state index contributed by atoms with van der Waals surface area (Å²) in [6.07, 6.45) is 0.692. The number of nitro groups is 1. The van der Waals surface area contributed by atoms with Crippen molar-refractivity contribution in [3.8, 4) is 11.4 Å². The second-order valence-electron chi connectivity index (χ2n) is 5.91. The number of aromatic nitrogens is 4. The number of non-ortho nitro benzene ring substituents is 1. The Labute approximate surface area is 173 Å².